The average molecular weight is 430 g/mol. The number of hydrogen-bond donors (Lipinski definition) is 4. The maximum atomic E-state index is 12.1. The number of nitrogens with one attached hydrogen (secondary N) is 3. The third-order valence-corrected chi connectivity index (χ3v) is 4.28. The molecular formula is C24H22N4O4. The van der Waals surface area contributed by atoms with Gasteiger partial charge in [0, 0.05) is 16.8 Å². The maximum absolute atomic E-state index is 12.1. The van der Waals surface area contributed by atoms with Crippen LogP contribution in [0.1, 0.15) is 21.5 Å². The molecule has 0 fully saturated rings. The molecule has 3 aromatic rings. The zero-order valence-corrected chi connectivity index (χ0v) is 17.1. The van der Waals surface area contributed by atoms with Crippen molar-refractivity contribution in [3.8, 4) is 5.75 Å². The number of benzene rings is 3. The number of phenols is 1. The highest BCUT2D eigenvalue weighted by molar-refractivity contribution is 5.94. The van der Waals surface area contributed by atoms with Gasteiger partial charge in [0.1, 0.15) is 5.75 Å². The summed E-state index contributed by atoms with van der Waals surface area (Å²) in [5, 5.41) is 16.0. The first kappa shape index (κ1) is 22.1. The first-order valence-electron chi connectivity index (χ1n) is 9.67. The average Bonchev–Trinajstić information content (AvgIpc) is 2.82. The van der Waals surface area contributed by atoms with E-state index in [0.29, 0.717) is 22.5 Å². The van der Waals surface area contributed by atoms with Gasteiger partial charge in [-0.15, -0.1) is 0 Å². The van der Waals surface area contributed by atoms with Crippen molar-refractivity contribution in [2.45, 2.75) is 0 Å². The van der Waals surface area contributed by atoms with Gasteiger partial charge in [0.25, 0.3) is 11.8 Å². The molecule has 4 N–H and O–H groups in total. The Bertz CT molecular complexity index is 1110. The standard InChI is InChI=1S/C24H22N4O4/c1-17(27-28-24(31)19-7-3-2-4-8-19)18-11-13-21(14-12-18)26-23(30)16-32-25-15-20-9-5-6-10-22(20)29/h2-15,27,29H,1,16H2,(H,26,30)(H,28,31)/b25-15+. The Labute approximate surface area is 185 Å². The van der Waals surface area contributed by atoms with Gasteiger partial charge in [-0.25, -0.2) is 0 Å². The summed E-state index contributed by atoms with van der Waals surface area (Å²) in [4.78, 5) is 29.0. The fourth-order valence-electron chi connectivity index (χ4n) is 2.60. The quantitative estimate of drug-likeness (QED) is 0.307. The number of amides is 2. The molecule has 0 saturated carbocycles. The molecule has 0 atom stereocenters. The highest BCUT2D eigenvalue weighted by Gasteiger charge is 2.06. The van der Waals surface area contributed by atoms with Crippen molar-refractivity contribution in [1.29, 1.82) is 0 Å². The van der Waals surface area contributed by atoms with Crippen LogP contribution in [-0.2, 0) is 9.63 Å². The van der Waals surface area contributed by atoms with Crippen molar-refractivity contribution in [3.05, 3.63) is 102 Å². The van der Waals surface area contributed by atoms with E-state index < -0.39 is 0 Å². The second-order valence-electron chi connectivity index (χ2n) is 6.62. The molecule has 0 heterocycles. The Hall–Kier alpha value is -4.59. The van der Waals surface area contributed by atoms with Crippen LogP contribution >= 0.6 is 0 Å². The van der Waals surface area contributed by atoms with Crippen LogP contribution in [0.2, 0.25) is 0 Å². The van der Waals surface area contributed by atoms with Gasteiger partial charge < -0.3 is 15.3 Å². The van der Waals surface area contributed by atoms with Gasteiger partial charge >= 0.3 is 0 Å². The SMILES string of the molecule is C=C(NNC(=O)c1ccccc1)c1ccc(NC(=O)CO/N=C/c2ccccc2O)cc1. The van der Waals surface area contributed by atoms with E-state index in [2.05, 4.69) is 27.9 Å². The van der Waals surface area contributed by atoms with Crippen LogP contribution in [0.15, 0.2) is 90.6 Å². The van der Waals surface area contributed by atoms with Gasteiger partial charge in [-0.05, 0) is 42.0 Å². The molecule has 0 aliphatic heterocycles. The zero-order chi connectivity index (χ0) is 22.8. The second kappa shape index (κ2) is 11.0. The molecule has 8 heteroatoms. The lowest BCUT2D eigenvalue weighted by atomic mass is 10.1. The lowest BCUT2D eigenvalue weighted by Crippen LogP contribution is -2.35. The number of rotatable bonds is 9. The van der Waals surface area contributed by atoms with Crippen LogP contribution in [-0.4, -0.2) is 29.7 Å². The number of phenolic OH excluding ortho intramolecular Hbond substituents is 1. The minimum atomic E-state index is -0.390. The van der Waals surface area contributed by atoms with Crippen LogP contribution in [0.5, 0.6) is 5.75 Å². The molecule has 162 valence electrons. The minimum absolute atomic E-state index is 0.0695. The van der Waals surface area contributed by atoms with E-state index in [1.54, 1.807) is 66.7 Å². The van der Waals surface area contributed by atoms with E-state index in [1.807, 2.05) is 6.07 Å². The van der Waals surface area contributed by atoms with Gasteiger partial charge in [-0.2, -0.15) is 0 Å². The largest absolute Gasteiger partial charge is 0.507 e. The highest BCUT2D eigenvalue weighted by atomic mass is 16.6. The molecule has 3 aromatic carbocycles. The first-order chi connectivity index (χ1) is 15.5. The lowest BCUT2D eigenvalue weighted by molar-refractivity contribution is -0.120. The molecule has 8 nitrogen and oxygen atoms in total. The summed E-state index contributed by atoms with van der Waals surface area (Å²) in [7, 11) is 0. The molecule has 0 bridgehead atoms. The first-order valence-corrected chi connectivity index (χ1v) is 9.67. The van der Waals surface area contributed by atoms with Crippen LogP contribution in [0, 0.1) is 0 Å². The molecule has 0 unspecified atom stereocenters. The minimum Gasteiger partial charge on any atom is -0.507 e. The van der Waals surface area contributed by atoms with E-state index in [-0.39, 0.29) is 24.2 Å². The number of carbonyl (C=O) groups excluding carboxylic acids is 2. The summed E-state index contributed by atoms with van der Waals surface area (Å²) in [5.41, 5.74) is 8.16. The summed E-state index contributed by atoms with van der Waals surface area (Å²) >= 11 is 0. The molecule has 0 saturated heterocycles. The highest BCUT2D eigenvalue weighted by Crippen LogP contribution is 2.15. The smallest absolute Gasteiger partial charge is 0.269 e. The van der Waals surface area contributed by atoms with Gasteiger partial charge in [0.2, 0.25) is 0 Å². The molecule has 0 aliphatic rings. The monoisotopic (exact) mass is 430 g/mol. The van der Waals surface area contributed by atoms with Crippen molar-refractivity contribution in [2.75, 3.05) is 11.9 Å². The maximum Gasteiger partial charge on any atom is 0.269 e. The van der Waals surface area contributed by atoms with Crippen LogP contribution < -0.4 is 16.2 Å². The van der Waals surface area contributed by atoms with Crippen molar-refractivity contribution in [2.24, 2.45) is 5.16 Å². The summed E-state index contributed by atoms with van der Waals surface area (Å²) in [6, 6.07) is 22.3. The van der Waals surface area contributed by atoms with Crippen molar-refractivity contribution in [3.63, 3.8) is 0 Å². The van der Waals surface area contributed by atoms with E-state index in [4.69, 9.17) is 4.84 Å². The Morgan fingerprint density at radius 3 is 2.31 bits per heavy atom. The van der Waals surface area contributed by atoms with E-state index in [1.165, 1.54) is 12.3 Å². The molecular weight excluding hydrogens is 408 g/mol. The van der Waals surface area contributed by atoms with Crippen LogP contribution in [0.3, 0.4) is 0 Å². The molecule has 0 radical (unpaired) electrons. The summed E-state index contributed by atoms with van der Waals surface area (Å²) in [6.45, 7) is 3.61. The Balaban J connectivity index is 1.43. The van der Waals surface area contributed by atoms with Crippen LogP contribution in [0.25, 0.3) is 5.70 Å². The van der Waals surface area contributed by atoms with Gasteiger partial charge in [0.05, 0.1) is 11.9 Å². The number of para-hydroxylation sites is 1. The Morgan fingerprint density at radius 1 is 0.906 bits per heavy atom. The topological polar surface area (TPSA) is 112 Å². The number of nitrogens with zero attached hydrogens (tertiary/aromatic N) is 1. The molecule has 32 heavy (non-hydrogen) atoms. The van der Waals surface area contributed by atoms with E-state index in [9.17, 15) is 14.7 Å². The number of aromatic hydroxyl groups is 1. The van der Waals surface area contributed by atoms with Crippen LogP contribution in [0.4, 0.5) is 5.69 Å². The van der Waals surface area contributed by atoms with Gasteiger partial charge in [-0.1, -0.05) is 54.2 Å². The third-order valence-electron chi connectivity index (χ3n) is 4.28. The summed E-state index contributed by atoms with van der Waals surface area (Å²) in [5.74, 6) is -0.597. The van der Waals surface area contributed by atoms with E-state index in [0.717, 1.165) is 5.56 Å². The molecule has 0 aliphatic carbocycles. The number of carbonyl (C=O) groups is 2. The zero-order valence-electron chi connectivity index (χ0n) is 17.1. The van der Waals surface area contributed by atoms with E-state index >= 15 is 0 Å². The predicted octanol–water partition coefficient (Wildman–Crippen LogP) is 3.29. The molecule has 3 rings (SSSR count). The van der Waals surface area contributed by atoms with Gasteiger partial charge in [0.15, 0.2) is 6.61 Å². The Morgan fingerprint density at radius 2 is 1.59 bits per heavy atom. The molecule has 2 amide bonds. The lowest BCUT2D eigenvalue weighted by Gasteiger charge is -2.12. The predicted molar refractivity (Wildman–Crippen MR) is 123 cm³/mol. The number of hydrazine groups is 1. The van der Waals surface area contributed by atoms with Crippen molar-refractivity contribution < 1.29 is 19.5 Å². The molecule has 0 spiro atoms. The number of anilines is 1. The summed E-state index contributed by atoms with van der Waals surface area (Å²) < 4.78 is 0. The Kier molecular flexibility index (Phi) is 7.58. The normalized spacial score (nSPS) is 10.4. The fourth-order valence-corrected chi connectivity index (χ4v) is 2.60. The van der Waals surface area contributed by atoms with Crippen molar-refractivity contribution in [1.82, 2.24) is 10.9 Å². The third kappa shape index (κ3) is 6.46. The number of hydrogen-bond acceptors (Lipinski definition) is 6. The fraction of sp³-hybridized carbons (Fsp3) is 0.0417. The number of oxime groups is 1. The molecule has 0 aromatic heterocycles. The van der Waals surface area contributed by atoms with Crippen molar-refractivity contribution >= 4 is 29.4 Å². The summed E-state index contributed by atoms with van der Waals surface area (Å²) in [6.07, 6.45) is 1.33. The van der Waals surface area contributed by atoms with Gasteiger partial charge in [-0.3, -0.25) is 20.4 Å². The second-order valence-corrected chi connectivity index (χ2v) is 6.62.